The van der Waals surface area contributed by atoms with Crippen LogP contribution in [0.25, 0.3) is 0 Å². The molecule has 0 heterocycles. The second-order valence-electron chi connectivity index (χ2n) is 4.46. The van der Waals surface area contributed by atoms with Crippen molar-refractivity contribution in [2.75, 3.05) is 5.32 Å². The summed E-state index contributed by atoms with van der Waals surface area (Å²) in [6.45, 7) is 2.34. The quantitative estimate of drug-likeness (QED) is 0.886. The fourth-order valence-corrected chi connectivity index (χ4v) is 3.21. The molecule has 2 aromatic carbocycles. The summed E-state index contributed by atoms with van der Waals surface area (Å²) < 4.78 is 23.9. The largest absolute Gasteiger partial charge is 0.381 e. The second-order valence-corrected chi connectivity index (χ2v) is 6.90. The molecule has 2 rings (SSSR count). The van der Waals surface area contributed by atoms with Gasteiger partial charge in [-0.25, -0.2) is 13.6 Å². The maximum absolute atomic E-state index is 11.5. The molecule has 0 aliphatic rings. The van der Waals surface area contributed by atoms with Crippen LogP contribution in [0.1, 0.15) is 11.1 Å². The van der Waals surface area contributed by atoms with Gasteiger partial charge in [0, 0.05) is 16.7 Å². The summed E-state index contributed by atoms with van der Waals surface area (Å²) in [5.41, 5.74) is 2.49. The maximum atomic E-state index is 11.5. The Morgan fingerprint density at radius 3 is 2.55 bits per heavy atom. The number of hydrogen-bond donors (Lipinski definition) is 2. The van der Waals surface area contributed by atoms with E-state index < -0.39 is 10.0 Å². The molecule has 2 aromatic rings. The molecule has 0 saturated heterocycles. The Morgan fingerprint density at radius 2 is 1.90 bits per heavy atom. The van der Waals surface area contributed by atoms with Gasteiger partial charge in [-0.15, -0.1) is 0 Å². The molecule has 20 heavy (non-hydrogen) atoms. The normalized spacial score (nSPS) is 11.3. The van der Waals surface area contributed by atoms with Crippen LogP contribution in [0, 0.1) is 6.92 Å². The zero-order chi connectivity index (χ0) is 14.8. The lowest BCUT2D eigenvalue weighted by Crippen LogP contribution is -2.14. The lowest BCUT2D eigenvalue weighted by molar-refractivity contribution is 0.597. The standard InChI is InChI=1S/C14H15BrN2O2S/c1-10-13(6-3-7-14(10)20(16,18)19)17-9-11-4-2-5-12(15)8-11/h2-8,17H,9H2,1H3,(H2,16,18,19). The smallest absolute Gasteiger partial charge is 0.238 e. The van der Waals surface area contributed by atoms with Crippen LogP contribution in [0.5, 0.6) is 0 Å². The van der Waals surface area contributed by atoms with Crippen molar-refractivity contribution in [2.45, 2.75) is 18.4 Å². The van der Waals surface area contributed by atoms with Gasteiger partial charge in [0.05, 0.1) is 4.90 Å². The van der Waals surface area contributed by atoms with Gasteiger partial charge >= 0.3 is 0 Å². The fourth-order valence-electron chi connectivity index (χ4n) is 1.96. The van der Waals surface area contributed by atoms with Crippen LogP contribution in [-0.2, 0) is 16.6 Å². The summed E-state index contributed by atoms with van der Waals surface area (Å²) in [4.78, 5) is 0.150. The van der Waals surface area contributed by atoms with Crippen LogP contribution in [0.3, 0.4) is 0 Å². The van der Waals surface area contributed by atoms with E-state index >= 15 is 0 Å². The van der Waals surface area contributed by atoms with Gasteiger partial charge in [-0.1, -0.05) is 34.1 Å². The third-order valence-electron chi connectivity index (χ3n) is 2.96. The van der Waals surface area contributed by atoms with Crippen molar-refractivity contribution in [1.29, 1.82) is 0 Å². The zero-order valence-corrected chi connectivity index (χ0v) is 13.3. The minimum Gasteiger partial charge on any atom is -0.381 e. The molecule has 0 saturated carbocycles. The van der Waals surface area contributed by atoms with E-state index in [2.05, 4.69) is 21.2 Å². The topological polar surface area (TPSA) is 72.2 Å². The van der Waals surface area contributed by atoms with Gasteiger partial charge in [-0.3, -0.25) is 0 Å². The highest BCUT2D eigenvalue weighted by molar-refractivity contribution is 9.10. The first kappa shape index (κ1) is 15.0. The molecule has 0 unspecified atom stereocenters. The van der Waals surface area contributed by atoms with Gasteiger partial charge in [-0.05, 0) is 42.3 Å². The van der Waals surface area contributed by atoms with Gasteiger partial charge < -0.3 is 5.32 Å². The van der Waals surface area contributed by atoms with Crippen LogP contribution in [0.4, 0.5) is 5.69 Å². The number of sulfonamides is 1. The van der Waals surface area contributed by atoms with Gasteiger partial charge in [0.1, 0.15) is 0 Å². The number of nitrogens with one attached hydrogen (secondary N) is 1. The van der Waals surface area contributed by atoms with Crippen LogP contribution in [-0.4, -0.2) is 8.42 Å². The summed E-state index contributed by atoms with van der Waals surface area (Å²) in [5, 5.41) is 8.42. The number of hydrogen-bond acceptors (Lipinski definition) is 3. The Hall–Kier alpha value is -1.37. The molecule has 4 nitrogen and oxygen atoms in total. The van der Waals surface area contributed by atoms with E-state index in [0.29, 0.717) is 12.1 Å². The first-order valence-corrected chi connectivity index (χ1v) is 8.32. The van der Waals surface area contributed by atoms with Crippen molar-refractivity contribution in [3.05, 3.63) is 58.1 Å². The highest BCUT2D eigenvalue weighted by Gasteiger charge is 2.13. The van der Waals surface area contributed by atoms with Crippen molar-refractivity contribution in [1.82, 2.24) is 0 Å². The highest BCUT2D eigenvalue weighted by Crippen LogP contribution is 2.23. The van der Waals surface area contributed by atoms with E-state index in [1.165, 1.54) is 6.07 Å². The van der Waals surface area contributed by atoms with Gasteiger partial charge in [0.2, 0.25) is 10.0 Å². The summed E-state index contributed by atoms with van der Waals surface area (Å²) in [7, 11) is -3.69. The monoisotopic (exact) mass is 354 g/mol. The molecule has 0 aliphatic heterocycles. The lowest BCUT2D eigenvalue weighted by Gasteiger charge is -2.12. The van der Waals surface area contributed by atoms with Crippen LogP contribution >= 0.6 is 15.9 Å². The summed E-state index contributed by atoms with van der Waals surface area (Å²) in [6, 6.07) is 12.9. The molecule has 0 aliphatic carbocycles. The molecular weight excluding hydrogens is 340 g/mol. The molecule has 3 N–H and O–H groups in total. The molecule has 0 spiro atoms. The Kier molecular flexibility index (Phi) is 4.47. The molecule has 0 bridgehead atoms. The third-order valence-corrected chi connectivity index (χ3v) is 4.51. The third kappa shape index (κ3) is 3.59. The predicted octanol–water partition coefficient (Wildman–Crippen LogP) is 3.02. The van der Waals surface area contributed by atoms with Crippen molar-refractivity contribution in [3.63, 3.8) is 0 Å². The van der Waals surface area contributed by atoms with Gasteiger partial charge in [-0.2, -0.15) is 0 Å². The minimum absolute atomic E-state index is 0.150. The number of primary sulfonamides is 1. The average Bonchev–Trinajstić information content (AvgIpc) is 2.36. The number of rotatable bonds is 4. The van der Waals surface area contributed by atoms with Crippen LogP contribution < -0.4 is 10.5 Å². The molecular formula is C14H15BrN2O2S. The second kappa shape index (κ2) is 5.95. The zero-order valence-electron chi connectivity index (χ0n) is 10.9. The van der Waals surface area contributed by atoms with Crippen molar-refractivity contribution >= 4 is 31.6 Å². The predicted molar refractivity (Wildman–Crippen MR) is 84.0 cm³/mol. The van der Waals surface area contributed by atoms with E-state index in [1.54, 1.807) is 13.0 Å². The Labute approximate surface area is 127 Å². The number of halogens is 1. The number of anilines is 1. The van der Waals surface area contributed by atoms with E-state index in [9.17, 15) is 8.42 Å². The van der Waals surface area contributed by atoms with Crippen molar-refractivity contribution < 1.29 is 8.42 Å². The van der Waals surface area contributed by atoms with Crippen molar-refractivity contribution in [2.24, 2.45) is 5.14 Å². The maximum Gasteiger partial charge on any atom is 0.238 e. The fraction of sp³-hybridized carbons (Fsp3) is 0.143. The van der Waals surface area contributed by atoms with Crippen LogP contribution in [0.2, 0.25) is 0 Å². The number of nitrogens with two attached hydrogens (primary N) is 1. The molecule has 0 aromatic heterocycles. The average molecular weight is 355 g/mol. The first-order valence-electron chi connectivity index (χ1n) is 5.98. The molecule has 6 heteroatoms. The molecule has 0 amide bonds. The first-order chi connectivity index (χ1) is 9.38. The summed E-state index contributed by atoms with van der Waals surface area (Å²) in [6.07, 6.45) is 0. The minimum atomic E-state index is -3.69. The van der Waals surface area contributed by atoms with Gasteiger partial charge in [0.25, 0.3) is 0 Å². The van der Waals surface area contributed by atoms with E-state index in [1.807, 2.05) is 30.3 Å². The van der Waals surface area contributed by atoms with Crippen LogP contribution in [0.15, 0.2) is 51.8 Å². The van der Waals surface area contributed by atoms with Gasteiger partial charge in [0.15, 0.2) is 0 Å². The molecule has 0 atom stereocenters. The van der Waals surface area contributed by atoms with Crippen molar-refractivity contribution in [3.8, 4) is 0 Å². The SMILES string of the molecule is Cc1c(NCc2cccc(Br)c2)cccc1S(N)(=O)=O. The van der Waals surface area contributed by atoms with E-state index in [-0.39, 0.29) is 4.90 Å². The van der Waals surface area contributed by atoms with E-state index in [4.69, 9.17) is 5.14 Å². The summed E-state index contributed by atoms with van der Waals surface area (Å²) in [5.74, 6) is 0. The lowest BCUT2D eigenvalue weighted by atomic mass is 10.2. The highest BCUT2D eigenvalue weighted by atomic mass is 79.9. The Morgan fingerprint density at radius 1 is 1.20 bits per heavy atom. The Balaban J connectivity index is 2.23. The van der Waals surface area contributed by atoms with E-state index in [0.717, 1.165) is 15.7 Å². The number of benzene rings is 2. The molecule has 106 valence electrons. The Bertz CT molecular complexity index is 730. The molecule has 0 radical (unpaired) electrons. The molecule has 0 fully saturated rings. The summed E-state index contributed by atoms with van der Waals surface area (Å²) >= 11 is 3.42.